The fourth-order valence-electron chi connectivity index (χ4n) is 2.81. The molecule has 120 valence electrons. The first kappa shape index (κ1) is 16.8. The van der Waals surface area contributed by atoms with Crippen LogP contribution in [0.25, 0.3) is 0 Å². The van der Waals surface area contributed by atoms with Gasteiger partial charge in [0.25, 0.3) is 5.91 Å². The van der Waals surface area contributed by atoms with Crippen molar-refractivity contribution in [2.75, 3.05) is 25.0 Å². The van der Waals surface area contributed by atoms with E-state index in [2.05, 4.69) is 0 Å². The van der Waals surface area contributed by atoms with Gasteiger partial charge < -0.3 is 15.5 Å². The first-order chi connectivity index (χ1) is 10.1. The molecule has 1 aliphatic carbocycles. The average Bonchev–Trinajstić information content (AvgIpc) is 3.26. The van der Waals surface area contributed by atoms with Gasteiger partial charge in [-0.25, -0.2) is 0 Å². The molecule has 2 amide bonds. The van der Waals surface area contributed by atoms with Crippen molar-refractivity contribution in [1.29, 1.82) is 0 Å². The van der Waals surface area contributed by atoms with Crippen LogP contribution in [-0.4, -0.2) is 42.9 Å². The van der Waals surface area contributed by atoms with Crippen LogP contribution in [0.4, 0.5) is 5.69 Å². The van der Waals surface area contributed by atoms with Gasteiger partial charge in [-0.1, -0.05) is 12.1 Å². The van der Waals surface area contributed by atoms with Crippen molar-refractivity contribution in [2.45, 2.75) is 25.3 Å². The average molecular weight is 324 g/mol. The number of anilines is 1. The molecule has 1 saturated heterocycles. The van der Waals surface area contributed by atoms with E-state index in [1.54, 1.807) is 22.9 Å². The molecule has 1 heterocycles. The van der Waals surface area contributed by atoms with Crippen LogP contribution < -0.4 is 10.6 Å². The summed E-state index contributed by atoms with van der Waals surface area (Å²) >= 11 is 0. The highest BCUT2D eigenvalue weighted by Crippen LogP contribution is 2.33. The highest BCUT2D eigenvalue weighted by Gasteiger charge is 2.34. The molecule has 6 heteroatoms. The van der Waals surface area contributed by atoms with E-state index in [1.807, 2.05) is 18.2 Å². The van der Waals surface area contributed by atoms with Gasteiger partial charge in [0.1, 0.15) is 0 Å². The zero-order valence-corrected chi connectivity index (χ0v) is 13.5. The van der Waals surface area contributed by atoms with E-state index in [4.69, 9.17) is 5.73 Å². The Morgan fingerprint density at radius 1 is 1.23 bits per heavy atom. The summed E-state index contributed by atoms with van der Waals surface area (Å²) < 4.78 is 0. The van der Waals surface area contributed by atoms with Crippen LogP contribution in [0.2, 0.25) is 0 Å². The van der Waals surface area contributed by atoms with E-state index >= 15 is 0 Å². The molecule has 3 rings (SSSR count). The SMILES string of the molecule is CN(C(=O)C1CC1)c1ccccc1C(=O)N1CC[C@@H](N)C1.Cl. The van der Waals surface area contributed by atoms with E-state index in [0.717, 1.165) is 19.3 Å². The topological polar surface area (TPSA) is 66.6 Å². The molecule has 1 saturated carbocycles. The van der Waals surface area contributed by atoms with Crippen LogP contribution in [0, 0.1) is 5.92 Å². The Balaban J connectivity index is 0.00000176. The zero-order valence-electron chi connectivity index (χ0n) is 12.7. The number of amides is 2. The largest absolute Gasteiger partial charge is 0.337 e. The van der Waals surface area contributed by atoms with Crippen LogP contribution in [0.5, 0.6) is 0 Å². The predicted molar refractivity (Wildman–Crippen MR) is 88.3 cm³/mol. The molecular weight excluding hydrogens is 302 g/mol. The number of hydrogen-bond acceptors (Lipinski definition) is 3. The van der Waals surface area contributed by atoms with Crippen molar-refractivity contribution in [1.82, 2.24) is 4.90 Å². The van der Waals surface area contributed by atoms with Gasteiger partial charge in [0.05, 0.1) is 11.3 Å². The monoisotopic (exact) mass is 323 g/mol. The van der Waals surface area contributed by atoms with E-state index in [1.165, 1.54) is 0 Å². The number of nitrogens with two attached hydrogens (primary N) is 1. The number of benzene rings is 1. The van der Waals surface area contributed by atoms with E-state index in [0.29, 0.717) is 24.3 Å². The fraction of sp³-hybridized carbons (Fsp3) is 0.500. The maximum atomic E-state index is 12.7. The number of carbonyl (C=O) groups is 2. The van der Waals surface area contributed by atoms with Crippen molar-refractivity contribution in [2.24, 2.45) is 11.7 Å². The molecule has 1 atom stereocenters. The third-order valence-corrected chi connectivity index (χ3v) is 4.26. The van der Waals surface area contributed by atoms with Gasteiger partial charge in [-0.05, 0) is 31.4 Å². The zero-order chi connectivity index (χ0) is 15.0. The quantitative estimate of drug-likeness (QED) is 0.920. The standard InChI is InChI=1S/C16H21N3O2.ClH/c1-18(15(20)11-6-7-11)14-5-3-2-4-13(14)16(21)19-9-8-12(17)10-19;/h2-5,11-12H,6-10,17H2,1H3;1H/t12-;/m1./s1. The molecule has 2 aliphatic rings. The van der Waals surface area contributed by atoms with Crippen LogP contribution in [0.15, 0.2) is 24.3 Å². The summed E-state index contributed by atoms with van der Waals surface area (Å²) in [6.45, 7) is 1.28. The summed E-state index contributed by atoms with van der Waals surface area (Å²) in [6, 6.07) is 7.38. The Morgan fingerprint density at radius 3 is 2.50 bits per heavy atom. The molecular formula is C16H22ClN3O2. The highest BCUT2D eigenvalue weighted by atomic mass is 35.5. The van der Waals surface area contributed by atoms with Crippen molar-refractivity contribution in [3.63, 3.8) is 0 Å². The number of nitrogens with zero attached hydrogens (tertiary/aromatic N) is 2. The number of carbonyl (C=O) groups excluding carboxylic acids is 2. The summed E-state index contributed by atoms with van der Waals surface area (Å²) in [7, 11) is 1.75. The van der Waals surface area contributed by atoms with Crippen LogP contribution >= 0.6 is 12.4 Å². The normalized spacial score (nSPS) is 20.5. The molecule has 0 aromatic heterocycles. The van der Waals surface area contributed by atoms with E-state index in [9.17, 15) is 9.59 Å². The number of rotatable bonds is 3. The van der Waals surface area contributed by atoms with Gasteiger partial charge in [0, 0.05) is 32.1 Å². The van der Waals surface area contributed by atoms with Gasteiger partial charge >= 0.3 is 0 Å². The molecule has 1 aliphatic heterocycles. The summed E-state index contributed by atoms with van der Waals surface area (Å²) in [4.78, 5) is 28.3. The van der Waals surface area contributed by atoms with Gasteiger partial charge in [0.15, 0.2) is 0 Å². The minimum absolute atomic E-state index is 0. The molecule has 22 heavy (non-hydrogen) atoms. The Morgan fingerprint density at radius 2 is 1.91 bits per heavy atom. The fourth-order valence-corrected chi connectivity index (χ4v) is 2.81. The third-order valence-electron chi connectivity index (χ3n) is 4.26. The van der Waals surface area contributed by atoms with Gasteiger partial charge in [-0.15, -0.1) is 12.4 Å². The Labute approximate surface area is 136 Å². The number of halogens is 1. The smallest absolute Gasteiger partial charge is 0.256 e. The number of hydrogen-bond donors (Lipinski definition) is 1. The minimum atomic E-state index is -0.0333. The lowest BCUT2D eigenvalue weighted by Crippen LogP contribution is -2.34. The second-order valence-electron chi connectivity index (χ2n) is 5.99. The number of para-hydroxylation sites is 1. The third kappa shape index (κ3) is 3.25. The highest BCUT2D eigenvalue weighted by molar-refractivity contribution is 6.05. The van der Waals surface area contributed by atoms with Gasteiger partial charge in [0.2, 0.25) is 5.91 Å². The minimum Gasteiger partial charge on any atom is -0.337 e. The first-order valence-electron chi connectivity index (χ1n) is 7.49. The van der Waals surface area contributed by atoms with Crippen molar-refractivity contribution >= 4 is 29.9 Å². The van der Waals surface area contributed by atoms with E-state index < -0.39 is 0 Å². The summed E-state index contributed by atoms with van der Waals surface area (Å²) in [5.41, 5.74) is 7.16. The Hall–Kier alpha value is -1.59. The maximum absolute atomic E-state index is 12.7. The lowest BCUT2D eigenvalue weighted by molar-refractivity contribution is -0.119. The molecule has 0 bridgehead atoms. The van der Waals surface area contributed by atoms with Crippen LogP contribution in [0.1, 0.15) is 29.6 Å². The van der Waals surface area contributed by atoms with Crippen molar-refractivity contribution < 1.29 is 9.59 Å². The predicted octanol–water partition coefficient (Wildman–Crippen LogP) is 1.65. The molecule has 2 N–H and O–H groups in total. The molecule has 1 aromatic carbocycles. The lowest BCUT2D eigenvalue weighted by atomic mass is 10.1. The Kier molecular flexibility index (Phi) is 5.08. The molecule has 0 unspecified atom stereocenters. The summed E-state index contributed by atoms with van der Waals surface area (Å²) in [6.07, 6.45) is 2.76. The van der Waals surface area contributed by atoms with Crippen molar-refractivity contribution in [3.05, 3.63) is 29.8 Å². The van der Waals surface area contributed by atoms with Crippen molar-refractivity contribution in [3.8, 4) is 0 Å². The number of likely N-dealkylation sites (tertiary alicyclic amines) is 1. The summed E-state index contributed by atoms with van der Waals surface area (Å²) in [5.74, 6) is 0.209. The summed E-state index contributed by atoms with van der Waals surface area (Å²) in [5, 5.41) is 0. The Bertz CT molecular complexity index is 574. The van der Waals surface area contributed by atoms with E-state index in [-0.39, 0.29) is 36.2 Å². The molecule has 0 spiro atoms. The second-order valence-corrected chi connectivity index (χ2v) is 5.99. The second kappa shape index (κ2) is 6.67. The molecule has 2 fully saturated rings. The maximum Gasteiger partial charge on any atom is 0.256 e. The van der Waals surface area contributed by atoms with Crippen LogP contribution in [-0.2, 0) is 4.79 Å². The van der Waals surface area contributed by atoms with Crippen LogP contribution in [0.3, 0.4) is 0 Å². The molecule has 0 radical (unpaired) electrons. The molecule has 1 aromatic rings. The lowest BCUT2D eigenvalue weighted by Gasteiger charge is -2.23. The van der Waals surface area contributed by atoms with Gasteiger partial charge in [-0.2, -0.15) is 0 Å². The molecule has 5 nitrogen and oxygen atoms in total. The van der Waals surface area contributed by atoms with Gasteiger partial charge in [-0.3, -0.25) is 9.59 Å². The first-order valence-corrected chi connectivity index (χ1v) is 7.49.